The van der Waals surface area contributed by atoms with E-state index < -0.39 is 11.5 Å². The number of rotatable bonds is 6. The first-order chi connectivity index (χ1) is 13.3. The molecule has 0 spiro atoms. The molecule has 3 rings (SSSR count). The van der Waals surface area contributed by atoms with E-state index in [1.807, 2.05) is 0 Å². The zero-order valence-electron chi connectivity index (χ0n) is 15.7. The molecule has 2 N–H and O–H groups in total. The van der Waals surface area contributed by atoms with Gasteiger partial charge in [0.25, 0.3) is 5.91 Å². The van der Waals surface area contributed by atoms with Gasteiger partial charge in [-0.1, -0.05) is 5.16 Å². The van der Waals surface area contributed by atoms with Crippen LogP contribution in [0.3, 0.4) is 0 Å². The van der Waals surface area contributed by atoms with E-state index in [9.17, 15) is 14.0 Å². The Labute approximate surface area is 161 Å². The summed E-state index contributed by atoms with van der Waals surface area (Å²) in [5.41, 5.74) is 5.20. The van der Waals surface area contributed by atoms with Crippen molar-refractivity contribution < 1.29 is 28.0 Å². The van der Waals surface area contributed by atoms with Crippen LogP contribution in [0.4, 0.5) is 4.39 Å². The zero-order chi connectivity index (χ0) is 20.3. The molecule has 150 valence electrons. The predicted molar refractivity (Wildman–Crippen MR) is 96.3 cm³/mol. The first-order valence-electron chi connectivity index (χ1n) is 8.82. The van der Waals surface area contributed by atoms with Gasteiger partial charge in [-0.15, -0.1) is 0 Å². The number of nitrogens with zero attached hydrogens (tertiary/aromatic N) is 2. The average Bonchev–Trinajstić information content (AvgIpc) is 2.99. The van der Waals surface area contributed by atoms with Crippen LogP contribution >= 0.6 is 0 Å². The summed E-state index contributed by atoms with van der Waals surface area (Å²) in [6.07, 6.45) is -0.125. The van der Waals surface area contributed by atoms with E-state index in [1.54, 1.807) is 18.7 Å². The van der Waals surface area contributed by atoms with Gasteiger partial charge in [0.2, 0.25) is 5.91 Å². The molecule has 1 aliphatic heterocycles. The van der Waals surface area contributed by atoms with E-state index in [0.29, 0.717) is 29.3 Å². The average molecular weight is 391 g/mol. The van der Waals surface area contributed by atoms with E-state index >= 15 is 0 Å². The lowest BCUT2D eigenvalue weighted by atomic mass is 9.96. The molecular weight excluding hydrogens is 369 g/mol. The van der Waals surface area contributed by atoms with Gasteiger partial charge in [0, 0.05) is 6.54 Å². The number of morpholine rings is 1. The van der Waals surface area contributed by atoms with Crippen LogP contribution in [0.25, 0.3) is 0 Å². The molecule has 1 saturated heterocycles. The van der Waals surface area contributed by atoms with E-state index in [1.165, 1.54) is 24.3 Å². The van der Waals surface area contributed by atoms with Gasteiger partial charge in [-0.25, -0.2) is 4.39 Å². The second-order valence-corrected chi connectivity index (χ2v) is 6.84. The molecule has 8 nitrogen and oxygen atoms in total. The van der Waals surface area contributed by atoms with Gasteiger partial charge in [-0.2, -0.15) is 0 Å². The van der Waals surface area contributed by atoms with Gasteiger partial charge in [0.15, 0.2) is 0 Å². The van der Waals surface area contributed by atoms with E-state index in [4.69, 9.17) is 19.7 Å². The number of amides is 2. The Kier molecular flexibility index (Phi) is 5.64. The minimum atomic E-state index is -1.10. The van der Waals surface area contributed by atoms with Crippen molar-refractivity contribution in [3.8, 4) is 5.75 Å². The molecule has 0 saturated carbocycles. The highest BCUT2D eigenvalue weighted by Crippen LogP contribution is 2.26. The molecule has 0 aliphatic carbocycles. The molecule has 9 heteroatoms. The molecule has 2 amide bonds. The van der Waals surface area contributed by atoms with Crippen molar-refractivity contribution in [2.24, 2.45) is 5.73 Å². The van der Waals surface area contributed by atoms with Gasteiger partial charge >= 0.3 is 0 Å². The Bertz CT molecular complexity index is 847. The molecule has 1 aromatic carbocycles. The van der Waals surface area contributed by atoms with Gasteiger partial charge in [-0.3, -0.25) is 9.59 Å². The number of halogens is 1. The topological polar surface area (TPSA) is 108 Å². The van der Waals surface area contributed by atoms with Crippen LogP contribution in [0, 0.1) is 19.7 Å². The third kappa shape index (κ3) is 4.30. The molecule has 1 atom stereocenters. The Morgan fingerprint density at radius 2 is 2.04 bits per heavy atom. The number of nitrogens with two attached hydrogens (primary N) is 1. The molecule has 2 heterocycles. The lowest BCUT2D eigenvalue weighted by molar-refractivity contribution is -0.142. The SMILES string of the molecule is Cc1noc(C)c1C(=O)N1CCO[C@](COc2ccc(F)cc2)(CC(N)=O)C1. The standard InChI is InChI=1S/C19H22FN3O5/c1-12-17(13(2)28-22-12)18(25)23-7-8-27-19(10-23,9-16(21)24)11-26-15-5-3-14(20)4-6-15/h3-6H,7-11H2,1-2H3,(H2,21,24)/t19-/m1/s1. The van der Waals surface area contributed by atoms with Crippen molar-refractivity contribution in [1.82, 2.24) is 10.1 Å². The van der Waals surface area contributed by atoms with Gasteiger partial charge in [-0.05, 0) is 38.1 Å². The molecule has 0 radical (unpaired) electrons. The Hall–Kier alpha value is -2.94. The van der Waals surface area contributed by atoms with Crippen molar-refractivity contribution in [2.45, 2.75) is 25.9 Å². The number of primary amides is 1. The zero-order valence-corrected chi connectivity index (χ0v) is 15.7. The molecule has 28 heavy (non-hydrogen) atoms. The van der Waals surface area contributed by atoms with Crippen molar-refractivity contribution in [3.63, 3.8) is 0 Å². The lowest BCUT2D eigenvalue weighted by Crippen LogP contribution is -2.58. The molecule has 1 fully saturated rings. The maximum absolute atomic E-state index is 13.1. The molecule has 0 unspecified atom stereocenters. The Morgan fingerprint density at radius 3 is 2.64 bits per heavy atom. The first kappa shape index (κ1) is 19.8. The van der Waals surface area contributed by atoms with Crippen molar-refractivity contribution in [2.75, 3.05) is 26.3 Å². The smallest absolute Gasteiger partial charge is 0.259 e. The van der Waals surface area contributed by atoms with Crippen LogP contribution < -0.4 is 10.5 Å². The summed E-state index contributed by atoms with van der Waals surface area (Å²) in [7, 11) is 0. The Morgan fingerprint density at radius 1 is 1.32 bits per heavy atom. The van der Waals surface area contributed by atoms with Crippen molar-refractivity contribution in [3.05, 3.63) is 47.1 Å². The van der Waals surface area contributed by atoms with Gasteiger partial charge in [0.1, 0.15) is 35.1 Å². The third-order valence-corrected chi connectivity index (χ3v) is 4.59. The van der Waals surface area contributed by atoms with E-state index in [2.05, 4.69) is 5.16 Å². The number of aryl methyl sites for hydroxylation is 2. The maximum Gasteiger partial charge on any atom is 0.259 e. The number of carbonyl (C=O) groups is 2. The largest absolute Gasteiger partial charge is 0.490 e. The summed E-state index contributed by atoms with van der Waals surface area (Å²) in [6, 6.07) is 5.49. The van der Waals surface area contributed by atoms with E-state index in [0.717, 1.165) is 0 Å². The van der Waals surface area contributed by atoms with E-state index in [-0.39, 0.29) is 37.9 Å². The minimum Gasteiger partial charge on any atom is -0.490 e. The normalized spacial score (nSPS) is 19.5. The molecular formula is C19H22FN3O5. The molecule has 1 aliphatic rings. The predicted octanol–water partition coefficient (Wildman–Crippen LogP) is 1.60. The van der Waals surface area contributed by atoms with Crippen LogP contribution in [0.2, 0.25) is 0 Å². The monoisotopic (exact) mass is 391 g/mol. The fourth-order valence-electron chi connectivity index (χ4n) is 3.27. The second-order valence-electron chi connectivity index (χ2n) is 6.84. The highest BCUT2D eigenvalue weighted by Gasteiger charge is 2.41. The summed E-state index contributed by atoms with van der Waals surface area (Å²) in [5, 5.41) is 3.82. The van der Waals surface area contributed by atoms with Crippen molar-refractivity contribution in [1.29, 1.82) is 0 Å². The summed E-state index contributed by atoms with van der Waals surface area (Å²) < 4.78 is 29.7. The Balaban J connectivity index is 1.78. The minimum absolute atomic E-state index is 0.0209. The first-order valence-corrected chi connectivity index (χ1v) is 8.82. The van der Waals surface area contributed by atoms with Crippen LogP contribution in [-0.4, -0.2) is 53.8 Å². The number of hydrogen-bond acceptors (Lipinski definition) is 6. The van der Waals surface area contributed by atoms with Gasteiger partial charge < -0.3 is 24.6 Å². The lowest BCUT2D eigenvalue weighted by Gasteiger charge is -2.41. The molecule has 1 aromatic heterocycles. The summed E-state index contributed by atoms with van der Waals surface area (Å²) in [5.74, 6) is -0.367. The van der Waals surface area contributed by atoms with Crippen LogP contribution in [0.15, 0.2) is 28.8 Å². The summed E-state index contributed by atoms with van der Waals surface area (Å²) >= 11 is 0. The van der Waals surface area contributed by atoms with Crippen LogP contribution in [-0.2, 0) is 9.53 Å². The number of carbonyl (C=O) groups excluding carboxylic acids is 2. The number of hydrogen-bond donors (Lipinski definition) is 1. The highest BCUT2D eigenvalue weighted by atomic mass is 19.1. The number of ether oxygens (including phenoxy) is 2. The van der Waals surface area contributed by atoms with Crippen LogP contribution in [0.1, 0.15) is 28.2 Å². The summed E-state index contributed by atoms with van der Waals surface area (Å²) in [4.78, 5) is 26.2. The number of aromatic nitrogens is 1. The quantitative estimate of drug-likeness (QED) is 0.801. The fraction of sp³-hybridized carbons (Fsp3) is 0.421. The van der Waals surface area contributed by atoms with Crippen LogP contribution in [0.5, 0.6) is 5.75 Å². The fourth-order valence-corrected chi connectivity index (χ4v) is 3.27. The third-order valence-electron chi connectivity index (χ3n) is 4.59. The van der Waals surface area contributed by atoms with Crippen molar-refractivity contribution >= 4 is 11.8 Å². The van der Waals surface area contributed by atoms with Gasteiger partial charge in [0.05, 0.1) is 25.3 Å². The molecule has 0 bridgehead atoms. The highest BCUT2D eigenvalue weighted by molar-refractivity contribution is 5.96. The molecule has 2 aromatic rings. The number of benzene rings is 1. The maximum atomic E-state index is 13.1. The second kappa shape index (κ2) is 7.97. The summed E-state index contributed by atoms with van der Waals surface area (Å²) in [6.45, 7) is 4.02.